The summed E-state index contributed by atoms with van der Waals surface area (Å²) in [6, 6.07) is 9.94. The van der Waals surface area contributed by atoms with E-state index < -0.39 is 64.7 Å². The van der Waals surface area contributed by atoms with Crippen molar-refractivity contribution in [2.24, 2.45) is 29.4 Å². The smallest absolute Gasteiger partial charge is 0.230 e. The molecular weight excluding hydrogens is 476 g/mol. The van der Waals surface area contributed by atoms with Crippen molar-refractivity contribution in [2.75, 3.05) is 14.1 Å². The number of hydrogen-bond donors (Lipinski definition) is 4. The molecule has 2 fully saturated rings. The quantitative estimate of drug-likeness (QED) is 0.442. The average molecular weight is 507 g/mol. The molecule has 37 heavy (non-hydrogen) atoms. The Morgan fingerprint density at radius 2 is 1.81 bits per heavy atom. The van der Waals surface area contributed by atoms with Crippen molar-refractivity contribution in [3.8, 4) is 16.9 Å². The molecule has 7 atom stereocenters. The van der Waals surface area contributed by atoms with Crippen molar-refractivity contribution in [1.29, 1.82) is 0 Å². The highest BCUT2D eigenvalue weighted by molar-refractivity contribution is 6.25. The number of primary amides is 1. The number of Topliss-reactive ketones (excluding diaryl/α,β-unsaturated/α-hetero) is 3. The first-order valence-corrected chi connectivity index (χ1v) is 12.3. The topological polar surface area (TPSA) is 158 Å². The molecule has 4 unspecified atom stereocenters. The van der Waals surface area contributed by atoms with Crippen LogP contribution >= 0.6 is 0 Å². The first-order valence-electron chi connectivity index (χ1n) is 12.3. The summed E-state index contributed by atoms with van der Waals surface area (Å²) < 4.78 is 0. The number of benzene rings is 2. The summed E-state index contributed by atoms with van der Waals surface area (Å²) in [7, 11) is 3.24. The molecule has 3 aliphatic rings. The molecule has 0 aromatic heterocycles. The second-order valence-corrected chi connectivity index (χ2v) is 10.8. The number of aliphatic hydroxyl groups excluding tert-OH is 1. The van der Waals surface area contributed by atoms with Gasteiger partial charge in [0.2, 0.25) is 5.91 Å². The molecule has 2 saturated carbocycles. The number of carbonyl (C=O) groups is 4. The van der Waals surface area contributed by atoms with E-state index in [9.17, 15) is 34.5 Å². The van der Waals surface area contributed by atoms with Gasteiger partial charge < -0.3 is 26.0 Å². The maximum absolute atomic E-state index is 13.9. The molecule has 0 heterocycles. The summed E-state index contributed by atoms with van der Waals surface area (Å²) in [6.07, 6.45) is -1.18. The van der Waals surface area contributed by atoms with E-state index in [1.54, 1.807) is 25.1 Å². The molecule has 194 valence electrons. The highest BCUT2D eigenvalue weighted by atomic mass is 16.3. The number of nitrogens with zero attached hydrogens (tertiary/aromatic N) is 1. The number of rotatable bonds is 3. The normalized spacial score (nSPS) is 33.1. The van der Waals surface area contributed by atoms with Crippen LogP contribution in [0.25, 0.3) is 11.1 Å². The lowest BCUT2D eigenvalue weighted by Crippen LogP contribution is -2.75. The molecule has 2 aromatic carbocycles. The lowest BCUT2D eigenvalue weighted by molar-refractivity contribution is -0.190. The van der Waals surface area contributed by atoms with Crippen LogP contribution in [0, 0.1) is 30.6 Å². The van der Waals surface area contributed by atoms with Crippen molar-refractivity contribution >= 4 is 23.3 Å². The lowest BCUT2D eigenvalue weighted by Gasteiger charge is -2.54. The summed E-state index contributed by atoms with van der Waals surface area (Å²) in [5.74, 6) is -9.04. The number of fused-ring (bicyclic) bond motifs is 3. The first kappa shape index (κ1) is 25.3. The van der Waals surface area contributed by atoms with Gasteiger partial charge >= 0.3 is 0 Å². The zero-order chi connectivity index (χ0) is 27.0. The van der Waals surface area contributed by atoms with E-state index in [0.717, 1.165) is 16.7 Å². The summed E-state index contributed by atoms with van der Waals surface area (Å²) in [6.45, 7) is 1.95. The van der Waals surface area contributed by atoms with Gasteiger partial charge in [0.15, 0.2) is 23.0 Å². The summed E-state index contributed by atoms with van der Waals surface area (Å²) in [4.78, 5) is 54.7. The zero-order valence-electron chi connectivity index (χ0n) is 20.8. The fraction of sp³-hybridized carbons (Fsp3) is 0.429. The van der Waals surface area contributed by atoms with Gasteiger partial charge in [-0.15, -0.1) is 0 Å². The van der Waals surface area contributed by atoms with Crippen LogP contribution in [0.5, 0.6) is 5.75 Å². The number of aliphatic hydroxyl groups is 2. The largest absolute Gasteiger partial charge is 0.507 e. The Labute approximate surface area is 213 Å². The van der Waals surface area contributed by atoms with Crippen molar-refractivity contribution in [2.45, 2.75) is 37.5 Å². The molecule has 9 nitrogen and oxygen atoms in total. The number of carbonyl (C=O) groups excluding carboxylic acids is 4. The maximum atomic E-state index is 13.9. The van der Waals surface area contributed by atoms with Gasteiger partial charge in [0.1, 0.15) is 11.7 Å². The maximum Gasteiger partial charge on any atom is 0.230 e. The van der Waals surface area contributed by atoms with Crippen LogP contribution < -0.4 is 5.73 Å². The lowest BCUT2D eigenvalue weighted by atomic mass is 9.52. The number of phenols is 1. The molecule has 0 saturated heterocycles. The summed E-state index contributed by atoms with van der Waals surface area (Å²) in [5, 5.41) is 33.3. The molecule has 9 heteroatoms. The van der Waals surface area contributed by atoms with Crippen LogP contribution in [0.3, 0.4) is 0 Å². The third-order valence-electron chi connectivity index (χ3n) is 8.50. The van der Waals surface area contributed by atoms with E-state index >= 15 is 0 Å². The van der Waals surface area contributed by atoms with Crippen LogP contribution in [-0.4, -0.2) is 75.3 Å². The Hall–Kier alpha value is -3.40. The number of nitrogens with two attached hydrogens (primary N) is 1. The van der Waals surface area contributed by atoms with E-state index in [-0.39, 0.29) is 24.2 Å². The number of ketones is 3. The Morgan fingerprint density at radius 3 is 2.43 bits per heavy atom. The molecular formula is C28H30N2O7. The van der Waals surface area contributed by atoms with Gasteiger partial charge in [-0.25, -0.2) is 0 Å². The molecule has 5 N–H and O–H groups in total. The number of hydrogen-bond acceptors (Lipinski definition) is 8. The summed E-state index contributed by atoms with van der Waals surface area (Å²) in [5.41, 5.74) is 5.99. The van der Waals surface area contributed by atoms with E-state index in [0.29, 0.717) is 5.56 Å². The molecule has 3 aliphatic carbocycles. The fourth-order valence-electron chi connectivity index (χ4n) is 6.91. The van der Waals surface area contributed by atoms with Crippen LogP contribution in [0.15, 0.2) is 36.4 Å². The third-order valence-corrected chi connectivity index (χ3v) is 8.50. The fourth-order valence-corrected chi connectivity index (χ4v) is 6.91. The van der Waals surface area contributed by atoms with Gasteiger partial charge in [-0.05, 0) is 62.5 Å². The van der Waals surface area contributed by atoms with E-state index in [1.165, 1.54) is 6.07 Å². The highest BCUT2D eigenvalue weighted by Gasteiger charge is 2.69. The summed E-state index contributed by atoms with van der Waals surface area (Å²) >= 11 is 0. The van der Waals surface area contributed by atoms with Crippen LogP contribution in [-0.2, 0) is 20.8 Å². The van der Waals surface area contributed by atoms with E-state index in [2.05, 4.69) is 0 Å². The highest BCUT2D eigenvalue weighted by Crippen LogP contribution is 2.52. The Kier molecular flexibility index (Phi) is 5.86. The van der Waals surface area contributed by atoms with Gasteiger partial charge in [0.25, 0.3) is 0 Å². The standard InChI is InChI=1S/C28H30N2O7/c1-12-5-4-6-13(9-12)15-7-8-18(31)20-16(15)10-14-11-17-22(30(2)3)24(33)21(27(29)36)26(35)28(17,37)25(34)19(14)23(20)32/h4-9,14,17,19,21-22,24,31,33,37H,10-11H2,1-3H3,(H2,29,36)/t14-,17-,19?,21?,22?,24?,28-/m1/s1. The van der Waals surface area contributed by atoms with Gasteiger partial charge in [-0.3, -0.25) is 19.2 Å². The average Bonchev–Trinajstić information content (AvgIpc) is 2.81. The minimum atomic E-state index is -2.66. The van der Waals surface area contributed by atoms with Crippen molar-refractivity contribution in [3.05, 3.63) is 53.1 Å². The zero-order valence-corrected chi connectivity index (χ0v) is 20.8. The molecule has 2 aromatic rings. The van der Waals surface area contributed by atoms with Gasteiger partial charge in [-0.2, -0.15) is 0 Å². The van der Waals surface area contributed by atoms with Gasteiger partial charge in [0, 0.05) is 12.0 Å². The van der Waals surface area contributed by atoms with Gasteiger partial charge in [-0.1, -0.05) is 35.9 Å². The first-order chi connectivity index (χ1) is 17.4. The number of aryl methyl sites for hydroxylation is 1. The number of aromatic hydroxyl groups is 1. The molecule has 0 bridgehead atoms. The predicted molar refractivity (Wildman–Crippen MR) is 133 cm³/mol. The van der Waals surface area contributed by atoms with Crippen molar-refractivity contribution in [1.82, 2.24) is 4.90 Å². The number of phenolic OH excluding ortho intramolecular Hbond substituents is 1. The molecule has 5 rings (SSSR count). The van der Waals surface area contributed by atoms with Crippen molar-refractivity contribution in [3.63, 3.8) is 0 Å². The van der Waals surface area contributed by atoms with Gasteiger partial charge in [0.05, 0.1) is 17.6 Å². The minimum Gasteiger partial charge on any atom is -0.507 e. The van der Waals surface area contributed by atoms with Crippen LogP contribution in [0.2, 0.25) is 0 Å². The van der Waals surface area contributed by atoms with Crippen LogP contribution in [0.4, 0.5) is 0 Å². The van der Waals surface area contributed by atoms with E-state index in [4.69, 9.17) is 5.73 Å². The van der Waals surface area contributed by atoms with Crippen molar-refractivity contribution < 1.29 is 34.5 Å². The van der Waals surface area contributed by atoms with E-state index in [1.807, 2.05) is 31.2 Å². The second kappa shape index (κ2) is 8.58. The Bertz CT molecular complexity index is 1350. The SMILES string of the molecule is Cc1cccc(-c2ccc(O)c3c2C[C@@H]2C[C@@H]4C(N(C)C)C(O)C(C(N)=O)C(=O)[C@]4(O)C(=O)C2C3=O)c1. The Balaban J connectivity index is 1.66. The third kappa shape index (κ3) is 3.48. The molecule has 0 spiro atoms. The molecule has 0 aliphatic heterocycles. The predicted octanol–water partition coefficient (Wildman–Crippen LogP) is 0.634. The minimum absolute atomic E-state index is 0.00885. The second-order valence-electron chi connectivity index (χ2n) is 10.8. The number of amides is 1. The Morgan fingerprint density at radius 1 is 1.11 bits per heavy atom. The molecule has 1 amide bonds. The van der Waals surface area contributed by atoms with Crippen LogP contribution in [0.1, 0.15) is 27.9 Å². The monoisotopic (exact) mass is 506 g/mol. The number of likely N-dealkylation sites (N-methyl/N-ethyl adjacent to an activating group) is 1. The molecule has 0 radical (unpaired) electrons.